The van der Waals surface area contributed by atoms with Crippen molar-refractivity contribution in [3.63, 3.8) is 0 Å². The van der Waals surface area contributed by atoms with Crippen molar-refractivity contribution < 1.29 is 4.74 Å². The van der Waals surface area contributed by atoms with Crippen LogP contribution in [-0.2, 0) is 4.74 Å². The van der Waals surface area contributed by atoms with Crippen molar-refractivity contribution in [3.8, 4) is 0 Å². The third-order valence-corrected chi connectivity index (χ3v) is 4.43. The molecule has 4 rings (SSSR count). The van der Waals surface area contributed by atoms with Crippen LogP contribution in [0.4, 0.5) is 0 Å². The van der Waals surface area contributed by atoms with Gasteiger partial charge in [-0.15, -0.1) is 0 Å². The molecule has 76 valence electrons. The molecule has 2 bridgehead atoms. The molecule has 0 saturated carbocycles. The average molecular weight is 199 g/mol. The fraction of sp³-hybridized carbons (Fsp3) is 0.462. The van der Waals surface area contributed by atoms with E-state index < -0.39 is 0 Å². The number of nitrogens with zero attached hydrogens (tertiary/aromatic N) is 1. The quantitative estimate of drug-likeness (QED) is 0.549. The molecule has 15 heavy (non-hydrogen) atoms. The van der Waals surface area contributed by atoms with Crippen molar-refractivity contribution in [3.05, 3.63) is 35.6 Å². The molecule has 0 aromatic rings. The van der Waals surface area contributed by atoms with Gasteiger partial charge >= 0.3 is 0 Å². The molecule has 0 saturated heterocycles. The van der Waals surface area contributed by atoms with E-state index in [1.54, 1.807) is 6.40 Å². The molecule has 3 atom stereocenters. The predicted octanol–water partition coefficient (Wildman–Crippen LogP) is 2.59. The van der Waals surface area contributed by atoms with Gasteiger partial charge in [-0.25, -0.2) is 4.99 Å². The first-order chi connectivity index (χ1) is 7.24. The van der Waals surface area contributed by atoms with Gasteiger partial charge < -0.3 is 4.74 Å². The van der Waals surface area contributed by atoms with E-state index >= 15 is 0 Å². The van der Waals surface area contributed by atoms with Crippen LogP contribution >= 0.6 is 0 Å². The minimum Gasteiger partial charge on any atom is -0.446 e. The predicted molar refractivity (Wildman–Crippen MR) is 58.4 cm³/mol. The molecule has 0 N–H and O–H groups in total. The van der Waals surface area contributed by atoms with E-state index in [4.69, 9.17) is 4.74 Å². The summed E-state index contributed by atoms with van der Waals surface area (Å²) in [4.78, 5) is 4.56. The lowest BCUT2D eigenvalue weighted by atomic mass is 9.58. The standard InChI is InChI=1S/C13H13NO/c1-12-4-5-13(12)7-9-2-3-11(10(13)6-9)15-8-14-12/h3-6,8-9H,2,7H2,1H3. The Labute approximate surface area is 89.0 Å². The van der Waals surface area contributed by atoms with E-state index in [9.17, 15) is 0 Å². The van der Waals surface area contributed by atoms with Crippen LogP contribution in [0.5, 0.6) is 0 Å². The van der Waals surface area contributed by atoms with E-state index in [1.165, 1.54) is 12.0 Å². The summed E-state index contributed by atoms with van der Waals surface area (Å²) in [5, 5.41) is 0. The second-order valence-corrected chi connectivity index (χ2v) is 5.15. The minimum atomic E-state index is -0.0620. The average Bonchev–Trinajstić information content (AvgIpc) is 2.53. The summed E-state index contributed by atoms with van der Waals surface area (Å²) in [5.41, 5.74) is 1.46. The van der Waals surface area contributed by atoms with Gasteiger partial charge in [-0.05, 0) is 31.8 Å². The van der Waals surface area contributed by atoms with Crippen molar-refractivity contribution in [1.82, 2.24) is 0 Å². The zero-order valence-electron chi connectivity index (χ0n) is 8.73. The molecular weight excluding hydrogens is 186 g/mol. The molecule has 1 spiro atoms. The Kier molecular flexibility index (Phi) is 1.11. The minimum absolute atomic E-state index is 0.0620. The van der Waals surface area contributed by atoms with Crippen LogP contribution in [-0.4, -0.2) is 11.9 Å². The van der Waals surface area contributed by atoms with Crippen LogP contribution in [0.2, 0.25) is 0 Å². The molecule has 1 aliphatic heterocycles. The van der Waals surface area contributed by atoms with Crippen LogP contribution in [0, 0.1) is 11.3 Å². The van der Waals surface area contributed by atoms with E-state index in [0.717, 1.165) is 12.2 Å². The number of fused-ring (bicyclic) bond motifs is 1. The lowest BCUT2D eigenvalue weighted by molar-refractivity contribution is 0.247. The lowest BCUT2D eigenvalue weighted by Gasteiger charge is -2.47. The summed E-state index contributed by atoms with van der Waals surface area (Å²) < 4.78 is 5.61. The van der Waals surface area contributed by atoms with E-state index in [1.807, 2.05) is 0 Å². The second-order valence-electron chi connectivity index (χ2n) is 5.15. The van der Waals surface area contributed by atoms with Crippen LogP contribution in [0.15, 0.2) is 40.6 Å². The van der Waals surface area contributed by atoms with Crippen LogP contribution in [0.3, 0.4) is 0 Å². The zero-order chi connectivity index (χ0) is 10.1. The molecule has 0 aromatic carbocycles. The molecule has 0 amide bonds. The van der Waals surface area contributed by atoms with Crippen LogP contribution in [0.25, 0.3) is 0 Å². The van der Waals surface area contributed by atoms with Gasteiger partial charge in [0, 0.05) is 11.0 Å². The summed E-state index contributed by atoms with van der Waals surface area (Å²) in [6, 6.07) is 0. The number of hydrogen-bond acceptors (Lipinski definition) is 2. The Balaban J connectivity index is 1.99. The van der Waals surface area contributed by atoms with Gasteiger partial charge in [-0.2, -0.15) is 0 Å². The fourth-order valence-corrected chi connectivity index (χ4v) is 3.41. The number of hydrogen-bond donors (Lipinski definition) is 0. The molecule has 0 fully saturated rings. The van der Waals surface area contributed by atoms with Gasteiger partial charge in [0.2, 0.25) is 0 Å². The Hall–Kier alpha value is -1.31. The SMILES string of the molecule is CC12C=CC13CC1C=C3C(=CC1)OC=N2. The first kappa shape index (κ1) is 7.91. The maximum atomic E-state index is 5.61. The number of aliphatic imine (C=N–C) groups is 1. The van der Waals surface area contributed by atoms with E-state index in [0.29, 0.717) is 5.92 Å². The van der Waals surface area contributed by atoms with Crippen molar-refractivity contribution in [2.45, 2.75) is 25.3 Å². The largest absolute Gasteiger partial charge is 0.446 e. The Morgan fingerprint density at radius 2 is 2.40 bits per heavy atom. The van der Waals surface area contributed by atoms with E-state index in [2.05, 4.69) is 36.2 Å². The molecular formula is C13H13NO. The summed E-state index contributed by atoms with van der Waals surface area (Å²) in [6.45, 7) is 2.21. The molecule has 2 nitrogen and oxygen atoms in total. The van der Waals surface area contributed by atoms with Crippen LogP contribution in [0.1, 0.15) is 19.8 Å². The van der Waals surface area contributed by atoms with Crippen molar-refractivity contribution in [2.75, 3.05) is 0 Å². The first-order valence-corrected chi connectivity index (χ1v) is 5.57. The third-order valence-electron chi connectivity index (χ3n) is 4.43. The molecule has 3 aliphatic carbocycles. The highest BCUT2D eigenvalue weighted by atomic mass is 16.5. The Bertz CT molecular complexity index is 471. The lowest BCUT2D eigenvalue weighted by Crippen LogP contribution is -2.48. The van der Waals surface area contributed by atoms with Gasteiger partial charge in [0.25, 0.3) is 0 Å². The molecule has 4 aliphatic rings. The molecule has 0 aromatic heterocycles. The van der Waals surface area contributed by atoms with E-state index in [-0.39, 0.29) is 11.0 Å². The highest BCUT2D eigenvalue weighted by Gasteiger charge is 2.59. The summed E-state index contributed by atoms with van der Waals surface area (Å²) >= 11 is 0. The van der Waals surface area contributed by atoms with Gasteiger partial charge in [-0.3, -0.25) is 0 Å². The highest BCUT2D eigenvalue weighted by Crippen LogP contribution is 2.62. The molecule has 2 heteroatoms. The van der Waals surface area contributed by atoms with Gasteiger partial charge in [0.1, 0.15) is 5.76 Å². The Morgan fingerprint density at radius 1 is 1.47 bits per heavy atom. The van der Waals surface area contributed by atoms with Crippen molar-refractivity contribution in [2.24, 2.45) is 16.3 Å². The summed E-state index contributed by atoms with van der Waals surface area (Å²) in [7, 11) is 0. The third kappa shape index (κ3) is 0.695. The summed E-state index contributed by atoms with van der Waals surface area (Å²) in [5.74, 6) is 1.74. The number of ether oxygens (including phenoxy) is 1. The first-order valence-electron chi connectivity index (χ1n) is 5.57. The van der Waals surface area contributed by atoms with Gasteiger partial charge in [0.15, 0.2) is 6.40 Å². The maximum absolute atomic E-state index is 5.61. The Morgan fingerprint density at radius 3 is 3.20 bits per heavy atom. The smallest absolute Gasteiger partial charge is 0.177 e. The molecule has 0 radical (unpaired) electrons. The second kappa shape index (κ2) is 2.11. The molecule has 3 unspecified atom stereocenters. The maximum Gasteiger partial charge on any atom is 0.177 e. The number of allylic oxidation sites excluding steroid dienone is 3. The normalized spacial score (nSPS) is 48.5. The number of rotatable bonds is 0. The highest BCUT2D eigenvalue weighted by molar-refractivity contribution is 5.63. The topological polar surface area (TPSA) is 21.6 Å². The molecule has 1 heterocycles. The van der Waals surface area contributed by atoms with Crippen LogP contribution < -0.4 is 0 Å². The summed E-state index contributed by atoms with van der Waals surface area (Å²) in [6.07, 6.45) is 13.1. The zero-order valence-corrected chi connectivity index (χ0v) is 8.73. The van der Waals surface area contributed by atoms with Gasteiger partial charge in [0.05, 0.1) is 5.54 Å². The van der Waals surface area contributed by atoms with Crippen molar-refractivity contribution in [1.29, 1.82) is 0 Å². The fourth-order valence-electron chi connectivity index (χ4n) is 3.41. The van der Waals surface area contributed by atoms with Gasteiger partial charge in [-0.1, -0.05) is 18.2 Å². The monoisotopic (exact) mass is 199 g/mol. The van der Waals surface area contributed by atoms with Crippen molar-refractivity contribution >= 4 is 6.40 Å².